The van der Waals surface area contributed by atoms with Gasteiger partial charge in [-0.05, 0) is 62.5 Å². The van der Waals surface area contributed by atoms with E-state index < -0.39 is 6.16 Å². The van der Waals surface area contributed by atoms with Crippen molar-refractivity contribution in [3.05, 3.63) is 216 Å². The summed E-state index contributed by atoms with van der Waals surface area (Å²) in [6, 6.07) is 68.8. The van der Waals surface area contributed by atoms with Crippen LogP contribution in [0.2, 0.25) is 0 Å². The number of carboxylic acid groups (broad SMARTS) is 2. The molecular weight excluding hydrogens is 1110 g/mol. The first kappa shape index (κ1) is 58.5. The molecule has 0 spiro atoms. The molecule has 0 bridgehead atoms. The summed E-state index contributed by atoms with van der Waals surface area (Å²) in [6.07, 6.45) is -2.33. The summed E-state index contributed by atoms with van der Waals surface area (Å²) < 4.78 is 0. The fourth-order valence-corrected chi connectivity index (χ4v) is 4.25. The van der Waals surface area contributed by atoms with Crippen molar-refractivity contribution in [3.8, 4) is 0 Å². The Bertz CT molecular complexity index is 1400. The SMILES string of the molecule is CN(C)Cc1[c-]cccc1.CN(C)Cc1[c-]cccc1.CN(C)Cc1[c-]cccc1.CN(C)Cc1[c-]cccc1.O=C([O-])[O-].[Bi+3].[Bi+3].c1ccccc1.c1ccccc1. The fraction of sp³-hybridized carbons (Fsp3) is 0.245. The van der Waals surface area contributed by atoms with E-state index in [0.717, 1.165) is 26.2 Å². The Morgan fingerprint density at radius 3 is 0.621 bits per heavy atom. The molecule has 0 atom stereocenters. The maximum absolute atomic E-state index is 8.33. The second kappa shape index (κ2) is 41.4. The van der Waals surface area contributed by atoms with Crippen LogP contribution >= 0.6 is 0 Å². The average Bonchev–Trinajstić information content (AvgIpc) is 3.18. The van der Waals surface area contributed by atoms with Crippen molar-refractivity contribution < 1.29 is 15.0 Å². The first-order chi connectivity index (χ1) is 26.9. The molecule has 0 unspecified atom stereocenters. The number of carbonyl (C=O) groups excluding carboxylic acids is 1. The van der Waals surface area contributed by atoms with Crippen molar-refractivity contribution in [1.29, 1.82) is 0 Å². The van der Waals surface area contributed by atoms with Gasteiger partial charge in [-0.3, -0.25) is 0 Å². The van der Waals surface area contributed by atoms with Gasteiger partial charge in [0.2, 0.25) is 0 Å². The van der Waals surface area contributed by atoms with Gasteiger partial charge in [-0.1, -0.05) is 72.8 Å². The summed E-state index contributed by atoms with van der Waals surface area (Å²) in [5, 5.41) is 16.7. The number of nitrogens with zero attached hydrogens (tertiary/aromatic N) is 4. The van der Waals surface area contributed by atoms with Crippen LogP contribution in [0.3, 0.4) is 0 Å². The van der Waals surface area contributed by atoms with E-state index in [1.807, 2.05) is 146 Å². The monoisotopic (exact) mass is 1170 g/mol. The molecule has 0 fully saturated rings. The molecule has 4 radical (unpaired) electrons. The normalized spacial score (nSPS) is 9.17. The maximum atomic E-state index is 8.33. The zero-order valence-corrected chi connectivity index (χ0v) is 42.4. The zero-order chi connectivity index (χ0) is 41.7. The zero-order valence-electron chi connectivity index (χ0n) is 35.4. The molecule has 9 heteroatoms. The van der Waals surface area contributed by atoms with Crippen LogP contribution in [-0.2, 0) is 26.2 Å². The first-order valence-corrected chi connectivity index (χ1v) is 18.2. The van der Waals surface area contributed by atoms with Crippen molar-refractivity contribution >= 4 is 58.6 Å². The molecule has 0 heterocycles. The van der Waals surface area contributed by atoms with Crippen LogP contribution in [0.15, 0.2) is 170 Å². The molecule has 6 aromatic carbocycles. The minimum atomic E-state index is -2.33. The van der Waals surface area contributed by atoms with Crippen LogP contribution in [-0.4, -0.2) is 135 Å². The fourth-order valence-electron chi connectivity index (χ4n) is 4.25. The van der Waals surface area contributed by atoms with Gasteiger partial charge in [0.15, 0.2) is 0 Å². The van der Waals surface area contributed by atoms with Gasteiger partial charge >= 0.3 is 52.4 Å². The smallest absolute Gasteiger partial charge is 0.652 e. The molecule has 58 heavy (non-hydrogen) atoms. The summed E-state index contributed by atoms with van der Waals surface area (Å²) in [5.74, 6) is 0. The molecular formula is C49H60Bi2N4O3. The van der Waals surface area contributed by atoms with Crippen molar-refractivity contribution in [2.45, 2.75) is 26.2 Å². The molecule has 6 rings (SSSR count). The van der Waals surface area contributed by atoms with Crippen LogP contribution in [0.25, 0.3) is 0 Å². The Kier molecular flexibility index (Phi) is 41.7. The predicted octanol–water partition coefficient (Wildman–Crippen LogP) is 6.36. The van der Waals surface area contributed by atoms with Crippen molar-refractivity contribution in [2.75, 3.05) is 56.4 Å². The van der Waals surface area contributed by atoms with E-state index in [1.165, 1.54) is 22.3 Å². The molecule has 0 saturated carbocycles. The molecule has 0 N–H and O–H groups in total. The van der Waals surface area contributed by atoms with E-state index in [9.17, 15) is 0 Å². The van der Waals surface area contributed by atoms with Crippen LogP contribution in [0.1, 0.15) is 22.3 Å². The van der Waals surface area contributed by atoms with Crippen molar-refractivity contribution in [1.82, 2.24) is 19.6 Å². The second-order valence-corrected chi connectivity index (χ2v) is 13.1. The molecule has 0 aromatic heterocycles. The van der Waals surface area contributed by atoms with Gasteiger partial charge in [-0.2, -0.15) is 121 Å². The van der Waals surface area contributed by atoms with Crippen LogP contribution in [0, 0.1) is 24.3 Å². The minimum Gasteiger partial charge on any atom is -0.652 e. The average molecular weight is 1170 g/mol. The Morgan fingerprint density at radius 2 is 0.517 bits per heavy atom. The Morgan fingerprint density at radius 1 is 0.362 bits per heavy atom. The van der Waals surface area contributed by atoms with E-state index in [-0.39, 0.29) is 52.4 Å². The predicted molar refractivity (Wildman–Crippen MR) is 240 cm³/mol. The van der Waals surface area contributed by atoms with Gasteiger partial charge in [0.25, 0.3) is 0 Å². The molecule has 6 aromatic rings. The molecule has 0 aliphatic heterocycles. The standard InChI is InChI=1S/4C9H12N.2C6H6.CH2O3.2Bi/c4*1-10(2)8-9-6-4-3-5-7-9;2*1-2-4-6-5-3-1;2-1(3)4;;/h4*3-6H,8H2,1-2H3;2*1-6H;(H2,2,3,4);;/q4*-1;;;;2*+3/p-2. The van der Waals surface area contributed by atoms with Gasteiger partial charge in [0.1, 0.15) is 0 Å². The number of hydrogen-bond acceptors (Lipinski definition) is 7. The molecule has 0 amide bonds. The van der Waals surface area contributed by atoms with Crippen LogP contribution < -0.4 is 10.2 Å². The Labute approximate surface area is 389 Å². The van der Waals surface area contributed by atoms with Gasteiger partial charge in [0, 0.05) is 26.2 Å². The van der Waals surface area contributed by atoms with Gasteiger partial charge in [0.05, 0.1) is 0 Å². The summed E-state index contributed by atoms with van der Waals surface area (Å²) in [5.41, 5.74) is 4.97. The summed E-state index contributed by atoms with van der Waals surface area (Å²) >= 11 is 0. The third-order valence-electron chi connectivity index (χ3n) is 6.37. The molecule has 0 aliphatic carbocycles. The van der Waals surface area contributed by atoms with Gasteiger partial charge in [-0.15, -0.1) is 22.3 Å². The molecule has 0 saturated heterocycles. The van der Waals surface area contributed by atoms with Crippen molar-refractivity contribution in [3.63, 3.8) is 0 Å². The Balaban J connectivity index is -0.000000616. The van der Waals surface area contributed by atoms with Crippen molar-refractivity contribution in [2.24, 2.45) is 0 Å². The minimum absolute atomic E-state index is 0. The Hall–Kier alpha value is -3.80. The third kappa shape index (κ3) is 43.3. The van der Waals surface area contributed by atoms with E-state index in [0.29, 0.717) is 0 Å². The topological polar surface area (TPSA) is 76.2 Å². The molecule has 304 valence electrons. The summed E-state index contributed by atoms with van der Waals surface area (Å²) in [4.78, 5) is 16.9. The number of benzene rings is 6. The molecule has 0 aliphatic rings. The summed E-state index contributed by atoms with van der Waals surface area (Å²) in [7, 11) is 16.5. The maximum Gasteiger partial charge on any atom is 3.00 e. The number of hydrogen-bond donors (Lipinski definition) is 0. The number of carbonyl (C=O) groups is 1. The largest absolute Gasteiger partial charge is 3.00 e. The van der Waals surface area contributed by atoms with E-state index in [4.69, 9.17) is 15.0 Å². The van der Waals surface area contributed by atoms with Gasteiger partial charge in [-0.25, -0.2) is 0 Å². The number of rotatable bonds is 8. The van der Waals surface area contributed by atoms with E-state index in [2.05, 4.69) is 125 Å². The second-order valence-electron chi connectivity index (χ2n) is 13.1. The van der Waals surface area contributed by atoms with E-state index >= 15 is 0 Å². The van der Waals surface area contributed by atoms with Crippen LogP contribution in [0.5, 0.6) is 0 Å². The third-order valence-corrected chi connectivity index (χ3v) is 6.37. The van der Waals surface area contributed by atoms with Gasteiger partial charge < -0.3 is 34.6 Å². The van der Waals surface area contributed by atoms with Crippen LogP contribution in [0.4, 0.5) is 4.79 Å². The summed E-state index contributed by atoms with van der Waals surface area (Å²) in [6.45, 7) is 3.89. The molecule has 7 nitrogen and oxygen atoms in total. The van der Waals surface area contributed by atoms with E-state index in [1.54, 1.807) is 0 Å². The first-order valence-electron chi connectivity index (χ1n) is 18.2. The quantitative estimate of drug-likeness (QED) is 0.130.